The van der Waals surface area contributed by atoms with Gasteiger partial charge in [-0.3, -0.25) is 0 Å². The molecule has 0 heterocycles. The normalized spacial score (nSPS) is 9.95. The van der Waals surface area contributed by atoms with Crippen molar-refractivity contribution in [2.75, 3.05) is 5.32 Å². The van der Waals surface area contributed by atoms with Gasteiger partial charge in [0.05, 0.1) is 5.69 Å². The number of carbonyl (C=O) groups excluding carboxylic acids is 1. The van der Waals surface area contributed by atoms with Crippen LogP contribution in [0.3, 0.4) is 0 Å². The monoisotopic (exact) mass is 256 g/mol. The van der Waals surface area contributed by atoms with E-state index in [0.717, 1.165) is 11.1 Å². The summed E-state index contributed by atoms with van der Waals surface area (Å²) < 4.78 is 0. The fourth-order valence-corrected chi connectivity index (χ4v) is 1.73. The highest BCUT2D eigenvalue weighted by Gasteiger charge is 2.05. The van der Waals surface area contributed by atoms with E-state index in [0.29, 0.717) is 12.2 Å². The molecule has 3 N–H and O–H groups in total. The maximum atomic E-state index is 11.7. The van der Waals surface area contributed by atoms with Gasteiger partial charge in [-0.2, -0.15) is 0 Å². The van der Waals surface area contributed by atoms with E-state index in [1.165, 1.54) is 6.07 Å². The molecular weight excluding hydrogens is 240 g/mol. The molecule has 2 aromatic rings. The van der Waals surface area contributed by atoms with Crippen molar-refractivity contribution < 1.29 is 9.90 Å². The quantitative estimate of drug-likeness (QED) is 0.739. The molecule has 4 nitrogen and oxygen atoms in total. The molecule has 0 saturated heterocycles. The molecule has 0 radical (unpaired) electrons. The largest absolute Gasteiger partial charge is 0.506 e. The predicted octanol–water partition coefficient (Wildman–Crippen LogP) is 3.02. The summed E-state index contributed by atoms with van der Waals surface area (Å²) >= 11 is 0. The minimum atomic E-state index is -0.343. The molecule has 0 fully saturated rings. The molecular formula is C15H16N2O2. The molecule has 2 rings (SSSR count). The van der Waals surface area contributed by atoms with Gasteiger partial charge in [-0.05, 0) is 30.2 Å². The van der Waals surface area contributed by atoms with Crippen LogP contribution in [0.5, 0.6) is 5.75 Å². The first-order valence-electron chi connectivity index (χ1n) is 6.04. The van der Waals surface area contributed by atoms with Crippen LogP contribution in [-0.2, 0) is 6.54 Å². The fourth-order valence-electron chi connectivity index (χ4n) is 1.73. The van der Waals surface area contributed by atoms with Crippen LogP contribution in [0.1, 0.15) is 11.1 Å². The zero-order valence-corrected chi connectivity index (χ0v) is 10.7. The van der Waals surface area contributed by atoms with Crippen LogP contribution in [0.15, 0.2) is 48.5 Å². The van der Waals surface area contributed by atoms with Crippen LogP contribution in [0.4, 0.5) is 10.5 Å². The van der Waals surface area contributed by atoms with Crippen molar-refractivity contribution in [3.63, 3.8) is 0 Å². The van der Waals surface area contributed by atoms with Crippen molar-refractivity contribution in [2.24, 2.45) is 0 Å². The number of nitrogens with one attached hydrogen (secondary N) is 2. The van der Waals surface area contributed by atoms with Gasteiger partial charge in [0.1, 0.15) is 5.75 Å². The van der Waals surface area contributed by atoms with Gasteiger partial charge in [-0.1, -0.05) is 36.4 Å². The summed E-state index contributed by atoms with van der Waals surface area (Å²) in [7, 11) is 0. The highest BCUT2D eigenvalue weighted by Crippen LogP contribution is 2.21. The number of aromatic hydroxyl groups is 1. The lowest BCUT2D eigenvalue weighted by molar-refractivity contribution is 0.251. The summed E-state index contributed by atoms with van der Waals surface area (Å²) in [6.45, 7) is 2.45. The maximum absolute atomic E-state index is 11.7. The zero-order valence-electron chi connectivity index (χ0n) is 10.7. The first kappa shape index (κ1) is 13.0. The Hall–Kier alpha value is -2.49. The van der Waals surface area contributed by atoms with Crippen molar-refractivity contribution in [3.05, 3.63) is 59.7 Å². The number of anilines is 1. The summed E-state index contributed by atoms with van der Waals surface area (Å²) in [5.74, 6) is 0.0496. The van der Waals surface area contributed by atoms with E-state index in [9.17, 15) is 9.90 Å². The lowest BCUT2D eigenvalue weighted by Gasteiger charge is -2.10. The van der Waals surface area contributed by atoms with E-state index in [2.05, 4.69) is 10.6 Å². The average molecular weight is 256 g/mol. The minimum Gasteiger partial charge on any atom is -0.506 e. The second-order valence-corrected chi connectivity index (χ2v) is 4.25. The zero-order chi connectivity index (χ0) is 13.7. The Morgan fingerprint density at radius 2 is 1.79 bits per heavy atom. The van der Waals surface area contributed by atoms with Gasteiger partial charge in [-0.25, -0.2) is 4.79 Å². The molecule has 98 valence electrons. The molecule has 2 amide bonds. The Labute approximate surface area is 112 Å². The van der Waals surface area contributed by atoms with Gasteiger partial charge in [-0.15, -0.1) is 0 Å². The predicted molar refractivity (Wildman–Crippen MR) is 75.1 cm³/mol. The molecule has 0 unspecified atom stereocenters. The molecule has 0 aliphatic carbocycles. The number of para-hydroxylation sites is 2. The van der Waals surface area contributed by atoms with Crippen LogP contribution in [-0.4, -0.2) is 11.1 Å². The third-order valence-electron chi connectivity index (χ3n) is 2.85. The van der Waals surface area contributed by atoms with Crippen LogP contribution < -0.4 is 10.6 Å². The summed E-state index contributed by atoms with van der Waals surface area (Å²) in [5, 5.41) is 14.9. The van der Waals surface area contributed by atoms with E-state index in [4.69, 9.17) is 0 Å². The third-order valence-corrected chi connectivity index (χ3v) is 2.85. The lowest BCUT2D eigenvalue weighted by Crippen LogP contribution is -2.28. The Balaban J connectivity index is 1.92. The number of benzene rings is 2. The van der Waals surface area contributed by atoms with Crippen LogP contribution in [0.2, 0.25) is 0 Å². The molecule has 0 atom stereocenters. The van der Waals surface area contributed by atoms with E-state index in [1.54, 1.807) is 18.2 Å². The first-order chi connectivity index (χ1) is 9.16. The molecule has 0 aliphatic heterocycles. The highest BCUT2D eigenvalue weighted by atomic mass is 16.3. The van der Waals surface area contributed by atoms with Crippen LogP contribution >= 0.6 is 0 Å². The van der Waals surface area contributed by atoms with Gasteiger partial charge in [0.2, 0.25) is 0 Å². The van der Waals surface area contributed by atoms with Gasteiger partial charge >= 0.3 is 6.03 Å². The first-order valence-corrected chi connectivity index (χ1v) is 6.04. The van der Waals surface area contributed by atoms with Crippen LogP contribution in [0.25, 0.3) is 0 Å². The molecule has 0 aliphatic rings. The Morgan fingerprint density at radius 3 is 2.53 bits per heavy atom. The van der Waals surface area contributed by atoms with Gasteiger partial charge in [0, 0.05) is 6.54 Å². The van der Waals surface area contributed by atoms with Crippen molar-refractivity contribution in [2.45, 2.75) is 13.5 Å². The maximum Gasteiger partial charge on any atom is 0.319 e. The number of carbonyl (C=O) groups is 1. The summed E-state index contributed by atoms with van der Waals surface area (Å²) in [4.78, 5) is 11.7. The molecule has 0 saturated carbocycles. The Morgan fingerprint density at radius 1 is 1.11 bits per heavy atom. The molecule has 2 aromatic carbocycles. The molecule has 0 aromatic heterocycles. The summed E-state index contributed by atoms with van der Waals surface area (Å²) in [6, 6.07) is 14.1. The van der Waals surface area contributed by atoms with E-state index in [1.807, 2.05) is 31.2 Å². The standard InChI is InChI=1S/C15H16N2O2/c1-11-6-2-3-7-12(11)10-16-15(19)17-13-8-4-5-9-14(13)18/h2-9,18H,10H2,1H3,(H2,16,17,19). The average Bonchev–Trinajstić information content (AvgIpc) is 2.40. The third kappa shape index (κ3) is 3.48. The molecule has 0 bridgehead atoms. The number of aryl methyl sites for hydroxylation is 1. The van der Waals surface area contributed by atoms with Crippen molar-refractivity contribution in [1.29, 1.82) is 0 Å². The smallest absolute Gasteiger partial charge is 0.319 e. The highest BCUT2D eigenvalue weighted by molar-refractivity contribution is 5.90. The van der Waals surface area contributed by atoms with Crippen molar-refractivity contribution in [3.8, 4) is 5.75 Å². The number of hydrogen-bond acceptors (Lipinski definition) is 2. The molecule has 19 heavy (non-hydrogen) atoms. The number of amides is 2. The van der Waals surface area contributed by atoms with Gasteiger partial charge in [0.25, 0.3) is 0 Å². The second-order valence-electron chi connectivity index (χ2n) is 4.25. The van der Waals surface area contributed by atoms with E-state index >= 15 is 0 Å². The van der Waals surface area contributed by atoms with Gasteiger partial charge in [0.15, 0.2) is 0 Å². The second kappa shape index (κ2) is 5.91. The van der Waals surface area contributed by atoms with Gasteiger partial charge < -0.3 is 15.7 Å². The number of phenolic OH excluding ortho intramolecular Hbond substituents is 1. The molecule has 0 spiro atoms. The lowest BCUT2D eigenvalue weighted by atomic mass is 10.1. The Bertz CT molecular complexity index is 582. The van der Waals surface area contributed by atoms with Crippen molar-refractivity contribution >= 4 is 11.7 Å². The van der Waals surface area contributed by atoms with Crippen LogP contribution in [0, 0.1) is 6.92 Å². The molecule has 4 heteroatoms. The Kier molecular flexibility index (Phi) is 4.03. The van der Waals surface area contributed by atoms with Crippen molar-refractivity contribution in [1.82, 2.24) is 5.32 Å². The number of urea groups is 1. The number of phenols is 1. The number of hydrogen-bond donors (Lipinski definition) is 3. The summed E-state index contributed by atoms with van der Waals surface area (Å²) in [5.41, 5.74) is 2.59. The number of rotatable bonds is 3. The van der Waals surface area contributed by atoms with E-state index < -0.39 is 0 Å². The fraction of sp³-hybridized carbons (Fsp3) is 0.133. The van der Waals surface area contributed by atoms with E-state index in [-0.39, 0.29) is 11.8 Å². The summed E-state index contributed by atoms with van der Waals surface area (Å²) in [6.07, 6.45) is 0. The topological polar surface area (TPSA) is 61.4 Å². The minimum absolute atomic E-state index is 0.0496. The SMILES string of the molecule is Cc1ccccc1CNC(=O)Nc1ccccc1O.